The molecule has 8 heteroatoms. The van der Waals surface area contributed by atoms with E-state index in [-0.39, 0.29) is 13.1 Å². The second-order valence-corrected chi connectivity index (χ2v) is 4.92. The van der Waals surface area contributed by atoms with Crippen LogP contribution >= 0.6 is 0 Å². The summed E-state index contributed by atoms with van der Waals surface area (Å²) in [6.07, 6.45) is -0.509. The van der Waals surface area contributed by atoms with Crippen LogP contribution in [-0.4, -0.2) is 55.6 Å². The Morgan fingerprint density at radius 1 is 1.09 bits per heavy atom. The van der Waals surface area contributed by atoms with Crippen molar-refractivity contribution in [3.8, 4) is 0 Å². The van der Waals surface area contributed by atoms with Gasteiger partial charge in [0.05, 0.1) is 19.5 Å². The van der Waals surface area contributed by atoms with Crippen molar-refractivity contribution in [2.75, 3.05) is 20.1 Å². The van der Waals surface area contributed by atoms with Crippen molar-refractivity contribution in [2.24, 2.45) is 0 Å². The van der Waals surface area contributed by atoms with Crippen LogP contribution in [0.25, 0.3) is 0 Å². The highest BCUT2D eigenvalue weighted by atomic mass is 16.6. The predicted molar refractivity (Wildman–Crippen MR) is 75.8 cm³/mol. The Morgan fingerprint density at radius 2 is 1.64 bits per heavy atom. The van der Waals surface area contributed by atoms with Crippen molar-refractivity contribution in [1.82, 2.24) is 4.90 Å². The zero-order valence-electron chi connectivity index (χ0n) is 12.0. The molecule has 114 valence electrons. The lowest BCUT2D eigenvalue weighted by Gasteiger charge is -2.21. The fraction of sp³-hybridized carbons (Fsp3) is 0.286. The molecule has 22 heavy (non-hydrogen) atoms. The fourth-order valence-corrected chi connectivity index (χ4v) is 1.93. The van der Waals surface area contributed by atoms with Gasteiger partial charge in [0.2, 0.25) is 5.68 Å². The van der Waals surface area contributed by atoms with Crippen LogP contribution in [0.5, 0.6) is 0 Å². The molecule has 0 saturated carbocycles. The van der Waals surface area contributed by atoms with E-state index in [1.54, 1.807) is 37.4 Å². The highest BCUT2D eigenvalue weighted by Crippen LogP contribution is 2.07. The van der Waals surface area contributed by atoms with Gasteiger partial charge >= 0.3 is 19.1 Å². The molecule has 1 heterocycles. The van der Waals surface area contributed by atoms with Gasteiger partial charge in [-0.25, -0.2) is 0 Å². The molecule has 1 aromatic rings. The zero-order chi connectivity index (χ0) is 16.1. The quantitative estimate of drug-likeness (QED) is 0.435. The first kappa shape index (κ1) is 15.9. The highest BCUT2D eigenvalue weighted by molar-refractivity contribution is 6.83. The van der Waals surface area contributed by atoms with Crippen LogP contribution in [0.15, 0.2) is 30.3 Å². The minimum Gasteiger partial charge on any atom is -0.492 e. The van der Waals surface area contributed by atoms with Crippen LogP contribution in [0.2, 0.25) is 0 Å². The number of hydrogen-bond donors (Lipinski definition) is 0. The van der Waals surface area contributed by atoms with E-state index in [1.165, 1.54) is 4.90 Å². The molecule has 0 atom stereocenters. The first-order chi connectivity index (χ1) is 10.5. The van der Waals surface area contributed by atoms with Gasteiger partial charge in [-0.05, 0) is 7.05 Å². The van der Waals surface area contributed by atoms with Gasteiger partial charge in [-0.1, -0.05) is 30.3 Å². The first-order valence-electron chi connectivity index (χ1n) is 6.64. The molecule has 1 aliphatic heterocycles. The van der Waals surface area contributed by atoms with Gasteiger partial charge in [0.15, 0.2) is 5.78 Å². The van der Waals surface area contributed by atoms with E-state index in [9.17, 15) is 19.2 Å². The molecule has 0 spiro atoms. The molecule has 0 aliphatic carbocycles. The number of carbonyl (C=O) groups excluding carboxylic acids is 4. The van der Waals surface area contributed by atoms with Gasteiger partial charge in [0.1, 0.15) is 0 Å². The SMILES string of the molecule is CN1CC(=O)OB(C(=O)CC(=O)c2ccccc2)OC(=O)C1. The molecule has 0 bridgehead atoms. The lowest BCUT2D eigenvalue weighted by molar-refractivity contribution is -0.147. The second-order valence-electron chi connectivity index (χ2n) is 4.92. The molecule has 0 aromatic heterocycles. The summed E-state index contributed by atoms with van der Waals surface area (Å²) in [5.41, 5.74) is -0.404. The van der Waals surface area contributed by atoms with E-state index in [1.807, 2.05) is 0 Å². The van der Waals surface area contributed by atoms with Gasteiger partial charge in [0.25, 0.3) is 0 Å². The number of carbonyl (C=O) groups is 4. The standard InChI is InChI=1S/C14H14BNO6/c1-16-8-13(19)21-15(22-14(20)9-16)12(18)7-11(17)10-5-3-2-4-6-10/h2-6H,7-9H2,1H3. The summed E-state index contributed by atoms with van der Waals surface area (Å²) in [5, 5.41) is 0. The van der Waals surface area contributed by atoms with Crippen molar-refractivity contribution in [1.29, 1.82) is 0 Å². The largest absolute Gasteiger partial charge is 0.675 e. The molecule has 0 unspecified atom stereocenters. The second kappa shape index (κ2) is 6.99. The molecule has 0 N–H and O–H groups in total. The summed E-state index contributed by atoms with van der Waals surface area (Å²) >= 11 is 0. The minimum absolute atomic E-state index is 0.133. The topological polar surface area (TPSA) is 90.0 Å². The van der Waals surface area contributed by atoms with Crippen LogP contribution in [0, 0.1) is 0 Å². The fourth-order valence-electron chi connectivity index (χ4n) is 1.93. The van der Waals surface area contributed by atoms with Crippen molar-refractivity contribution < 1.29 is 28.5 Å². The summed E-state index contributed by atoms with van der Waals surface area (Å²) in [4.78, 5) is 48.5. The van der Waals surface area contributed by atoms with Crippen LogP contribution < -0.4 is 0 Å². The molecule has 1 aromatic carbocycles. The van der Waals surface area contributed by atoms with Crippen molar-refractivity contribution >= 4 is 30.5 Å². The molecule has 2 rings (SSSR count). The van der Waals surface area contributed by atoms with Gasteiger partial charge in [0, 0.05) is 5.56 Å². The van der Waals surface area contributed by atoms with Gasteiger partial charge in [-0.3, -0.25) is 19.3 Å². The molecule has 1 fully saturated rings. The smallest absolute Gasteiger partial charge is 0.492 e. The van der Waals surface area contributed by atoms with Gasteiger partial charge < -0.3 is 14.1 Å². The normalized spacial score (nSPS) is 16.3. The third-order valence-electron chi connectivity index (χ3n) is 2.97. The van der Waals surface area contributed by atoms with E-state index < -0.39 is 36.9 Å². The van der Waals surface area contributed by atoms with Crippen molar-refractivity contribution in [3.05, 3.63) is 35.9 Å². The lowest BCUT2D eigenvalue weighted by atomic mass is 9.79. The number of hydrogen-bond acceptors (Lipinski definition) is 7. The number of rotatable bonds is 4. The third-order valence-corrected chi connectivity index (χ3v) is 2.97. The van der Waals surface area contributed by atoms with Crippen molar-refractivity contribution in [3.63, 3.8) is 0 Å². The molecule has 0 amide bonds. The number of likely N-dealkylation sites (N-methyl/N-ethyl adjacent to an activating group) is 1. The molecule has 0 radical (unpaired) electrons. The van der Waals surface area contributed by atoms with Crippen LogP contribution in [0.4, 0.5) is 0 Å². The van der Waals surface area contributed by atoms with E-state index in [0.29, 0.717) is 5.56 Å². The Bertz CT molecular complexity index is 583. The van der Waals surface area contributed by atoms with E-state index in [2.05, 4.69) is 0 Å². The third kappa shape index (κ3) is 4.26. The Hall–Kier alpha value is -2.48. The predicted octanol–water partition coefficient (Wildman–Crippen LogP) is -0.112. The van der Waals surface area contributed by atoms with Crippen LogP contribution in [0.1, 0.15) is 16.8 Å². The van der Waals surface area contributed by atoms with Crippen LogP contribution in [0.3, 0.4) is 0 Å². The minimum atomic E-state index is -1.67. The molecular formula is C14H14BNO6. The molecular weight excluding hydrogens is 289 g/mol. The Balaban J connectivity index is 2.02. The van der Waals surface area contributed by atoms with Gasteiger partial charge in [-0.15, -0.1) is 0 Å². The Kier molecular flexibility index (Phi) is 5.06. The summed E-state index contributed by atoms with van der Waals surface area (Å²) in [6, 6.07) is 8.22. The maximum absolute atomic E-state index is 12.0. The Labute approximate surface area is 127 Å². The average Bonchev–Trinajstić information content (AvgIpc) is 2.45. The number of Topliss-reactive ketones (excluding diaryl/α,β-unsaturated/α-hetero) is 1. The molecule has 1 aliphatic rings. The van der Waals surface area contributed by atoms with Crippen LogP contribution in [-0.2, 0) is 23.7 Å². The lowest BCUT2D eigenvalue weighted by Crippen LogP contribution is -2.46. The van der Waals surface area contributed by atoms with Crippen molar-refractivity contribution in [2.45, 2.75) is 6.42 Å². The summed E-state index contributed by atoms with van der Waals surface area (Å²) in [5.74, 6) is -1.82. The monoisotopic (exact) mass is 303 g/mol. The Morgan fingerprint density at radius 3 is 2.18 bits per heavy atom. The first-order valence-corrected chi connectivity index (χ1v) is 6.64. The average molecular weight is 303 g/mol. The van der Waals surface area contributed by atoms with E-state index in [4.69, 9.17) is 9.31 Å². The number of ketones is 1. The molecule has 1 saturated heterocycles. The summed E-state index contributed by atoms with van der Waals surface area (Å²) < 4.78 is 9.61. The highest BCUT2D eigenvalue weighted by Gasteiger charge is 2.39. The summed E-state index contributed by atoms with van der Waals surface area (Å²) in [6.45, 7) is -0.267. The molecule has 7 nitrogen and oxygen atoms in total. The van der Waals surface area contributed by atoms with E-state index >= 15 is 0 Å². The van der Waals surface area contributed by atoms with E-state index in [0.717, 1.165) is 0 Å². The number of nitrogens with zero attached hydrogens (tertiary/aromatic N) is 1. The maximum Gasteiger partial charge on any atom is 0.675 e. The summed E-state index contributed by atoms with van der Waals surface area (Å²) in [7, 11) is -0.120. The van der Waals surface area contributed by atoms with Gasteiger partial charge in [-0.2, -0.15) is 0 Å². The maximum atomic E-state index is 12.0. The zero-order valence-corrected chi connectivity index (χ0v) is 12.0. The number of benzene rings is 1.